The Labute approximate surface area is 110 Å². The quantitative estimate of drug-likeness (QED) is 0.497. The van der Waals surface area contributed by atoms with Crippen molar-refractivity contribution < 1.29 is 0 Å². The first-order valence-electron chi connectivity index (χ1n) is 4.44. The van der Waals surface area contributed by atoms with Gasteiger partial charge in [0.1, 0.15) is 8.60 Å². The average molecular weight is 345 g/mol. The van der Waals surface area contributed by atoms with Gasteiger partial charge in [0.05, 0.1) is 6.33 Å². The van der Waals surface area contributed by atoms with Crippen LogP contribution in [0.4, 0.5) is 5.69 Å². The van der Waals surface area contributed by atoms with Crippen LogP contribution in [0.15, 0.2) is 45.3 Å². The molecule has 82 valence electrons. The van der Waals surface area contributed by atoms with Gasteiger partial charge in [0.2, 0.25) is 0 Å². The van der Waals surface area contributed by atoms with Crippen molar-refractivity contribution in [2.24, 2.45) is 0 Å². The van der Waals surface area contributed by atoms with E-state index in [9.17, 15) is 4.79 Å². The lowest BCUT2D eigenvalue weighted by Crippen LogP contribution is -2.11. The van der Waals surface area contributed by atoms with Gasteiger partial charge in [-0.05, 0) is 34.7 Å². The van der Waals surface area contributed by atoms with Crippen LogP contribution < -0.4 is 11.3 Å². The first-order valence-corrected chi connectivity index (χ1v) is 6.33. The van der Waals surface area contributed by atoms with Crippen LogP contribution in [0.3, 0.4) is 0 Å². The van der Waals surface area contributed by atoms with Gasteiger partial charge >= 0.3 is 0 Å². The van der Waals surface area contributed by atoms with Crippen LogP contribution in [0.25, 0.3) is 0 Å². The SMILES string of the molecule is Nc1ccccc1Sc1nc[nH]c(=O)c1I. The number of para-hydroxylation sites is 1. The number of hydrogen-bond acceptors (Lipinski definition) is 4. The van der Waals surface area contributed by atoms with E-state index in [1.165, 1.54) is 18.1 Å². The Morgan fingerprint density at radius 3 is 2.88 bits per heavy atom. The summed E-state index contributed by atoms with van der Waals surface area (Å²) in [6.45, 7) is 0. The number of nitrogens with zero attached hydrogens (tertiary/aromatic N) is 1. The maximum Gasteiger partial charge on any atom is 0.265 e. The van der Waals surface area contributed by atoms with E-state index in [0.29, 0.717) is 14.3 Å². The zero-order valence-corrected chi connectivity index (χ0v) is 11.1. The summed E-state index contributed by atoms with van der Waals surface area (Å²) in [5.74, 6) is 0. The Hall–Kier alpha value is -1.02. The van der Waals surface area contributed by atoms with E-state index in [2.05, 4.69) is 9.97 Å². The molecule has 0 saturated heterocycles. The Balaban J connectivity index is 2.38. The smallest absolute Gasteiger partial charge is 0.265 e. The highest BCUT2D eigenvalue weighted by molar-refractivity contribution is 14.1. The summed E-state index contributed by atoms with van der Waals surface area (Å²) in [7, 11) is 0. The number of halogens is 1. The van der Waals surface area contributed by atoms with Gasteiger partial charge in [-0.3, -0.25) is 4.79 Å². The highest BCUT2D eigenvalue weighted by Gasteiger charge is 2.08. The second kappa shape index (κ2) is 4.88. The molecular weight excluding hydrogens is 337 g/mol. The van der Waals surface area contributed by atoms with Gasteiger partial charge in [-0.25, -0.2) is 4.98 Å². The van der Waals surface area contributed by atoms with Crippen molar-refractivity contribution in [1.82, 2.24) is 9.97 Å². The molecule has 1 heterocycles. The molecule has 6 heteroatoms. The molecule has 0 aliphatic heterocycles. The number of rotatable bonds is 2. The van der Waals surface area contributed by atoms with Crippen LogP contribution in [-0.4, -0.2) is 9.97 Å². The second-order valence-electron chi connectivity index (χ2n) is 2.99. The first-order chi connectivity index (χ1) is 7.68. The third-order valence-corrected chi connectivity index (χ3v) is 4.35. The maximum absolute atomic E-state index is 11.4. The molecule has 0 unspecified atom stereocenters. The van der Waals surface area contributed by atoms with Gasteiger partial charge in [0.15, 0.2) is 0 Å². The van der Waals surface area contributed by atoms with Crippen molar-refractivity contribution in [3.8, 4) is 0 Å². The average Bonchev–Trinajstić information content (AvgIpc) is 2.28. The van der Waals surface area contributed by atoms with Gasteiger partial charge in [-0.15, -0.1) is 0 Å². The normalized spacial score (nSPS) is 10.3. The molecule has 0 amide bonds. The van der Waals surface area contributed by atoms with Gasteiger partial charge < -0.3 is 10.7 Å². The largest absolute Gasteiger partial charge is 0.398 e. The molecular formula is C10H8IN3OS. The number of hydrogen-bond donors (Lipinski definition) is 2. The van der Waals surface area contributed by atoms with Crippen LogP contribution in [-0.2, 0) is 0 Å². The minimum atomic E-state index is -0.132. The van der Waals surface area contributed by atoms with Crippen LogP contribution >= 0.6 is 34.4 Å². The summed E-state index contributed by atoms with van der Waals surface area (Å²) in [6.07, 6.45) is 1.39. The van der Waals surface area contributed by atoms with Crippen molar-refractivity contribution in [2.75, 3.05) is 5.73 Å². The van der Waals surface area contributed by atoms with E-state index in [1.807, 2.05) is 46.9 Å². The summed E-state index contributed by atoms with van der Waals surface area (Å²) in [4.78, 5) is 18.9. The minimum Gasteiger partial charge on any atom is -0.398 e. The lowest BCUT2D eigenvalue weighted by Gasteiger charge is -2.04. The molecule has 0 fully saturated rings. The molecule has 0 spiro atoms. The van der Waals surface area contributed by atoms with Gasteiger partial charge in [0.25, 0.3) is 5.56 Å². The highest BCUT2D eigenvalue weighted by Crippen LogP contribution is 2.31. The lowest BCUT2D eigenvalue weighted by atomic mass is 10.3. The predicted molar refractivity (Wildman–Crippen MR) is 72.6 cm³/mol. The number of aromatic amines is 1. The lowest BCUT2D eigenvalue weighted by molar-refractivity contribution is 0.988. The van der Waals surface area contributed by atoms with Crippen LogP contribution in [0.5, 0.6) is 0 Å². The molecule has 0 aliphatic carbocycles. The Bertz CT molecular complexity index is 570. The number of nitrogens with one attached hydrogen (secondary N) is 1. The van der Waals surface area contributed by atoms with Crippen molar-refractivity contribution in [2.45, 2.75) is 9.92 Å². The zero-order valence-electron chi connectivity index (χ0n) is 8.11. The highest BCUT2D eigenvalue weighted by atomic mass is 127. The molecule has 0 radical (unpaired) electrons. The molecule has 4 nitrogen and oxygen atoms in total. The second-order valence-corrected chi connectivity index (χ2v) is 5.10. The van der Waals surface area contributed by atoms with Gasteiger partial charge in [-0.1, -0.05) is 23.9 Å². The van der Waals surface area contributed by atoms with Gasteiger partial charge in [0, 0.05) is 10.6 Å². The monoisotopic (exact) mass is 345 g/mol. The third kappa shape index (κ3) is 2.38. The maximum atomic E-state index is 11.4. The number of benzene rings is 1. The van der Waals surface area contributed by atoms with E-state index in [-0.39, 0.29) is 5.56 Å². The molecule has 2 aromatic rings. The molecule has 16 heavy (non-hydrogen) atoms. The molecule has 1 aromatic heterocycles. The minimum absolute atomic E-state index is 0.132. The molecule has 0 atom stereocenters. The molecule has 0 saturated carbocycles. The molecule has 3 N–H and O–H groups in total. The van der Waals surface area contributed by atoms with Crippen molar-refractivity contribution >= 4 is 40.0 Å². The third-order valence-electron chi connectivity index (χ3n) is 1.89. The Kier molecular flexibility index (Phi) is 3.49. The number of aromatic nitrogens is 2. The summed E-state index contributed by atoms with van der Waals surface area (Å²) in [5, 5.41) is 0.669. The zero-order chi connectivity index (χ0) is 11.5. The summed E-state index contributed by atoms with van der Waals surface area (Å²) >= 11 is 3.37. The van der Waals surface area contributed by atoms with Crippen molar-refractivity contribution in [3.63, 3.8) is 0 Å². The molecule has 0 aliphatic rings. The van der Waals surface area contributed by atoms with Crippen LogP contribution in [0.1, 0.15) is 0 Å². The van der Waals surface area contributed by atoms with E-state index in [1.54, 1.807) is 0 Å². The van der Waals surface area contributed by atoms with Gasteiger partial charge in [-0.2, -0.15) is 0 Å². The van der Waals surface area contributed by atoms with E-state index in [4.69, 9.17) is 5.73 Å². The molecule has 1 aromatic carbocycles. The number of H-pyrrole nitrogens is 1. The Morgan fingerprint density at radius 2 is 2.12 bits per heavy atom. The number of nitrogens with two attached hydrogens (primary N) is 1. The van der Waals surface area contributed by atoms with Crippen molar-refractivity contribution in [3.05, 3.63) is 44.5 Å². The van der Waals surface area contributed by atoms with E-state index < -0.39 is 0 Å². The number of anilines is 1. The molecule has 2 rings (SSSR count). The van der Waals surface area contributed by atoms with Crippen molar-refractivity contribution in [1.29, 1.82) is 0 Å². The summed E-state index contributed by atoms with van der Waals surface area (Å²) in [6, 6.07) is 7.50. The standard InChI is InChI=1S/C10H8IN3OS/c11-8-9(15)13-5-14-10(8)16-7-4-2-1-3-6(7)12/h1-5H,12H2,(H,13,14,15). The molecule has 0 bridgehead atoms. The Morgan fingerprint density at radius 1 is 1.38 bits per heavy atom. The fourth-order valence-corrected chi connectivity index (χ4v) is 2.57. The topological polar surface area (TPSA) is 71.8 Å². The predicted octanol–water partition coefficient (Wildman–Crippen LogP) is 2.11. The summed E-state index contributed by atoms with van der Waals surface area (Å²) < 4.78 is 0.577. The van der Waals surface area contributed by atoms with E-state index >= 15 is 0 Å². The van der Waals surface area contributed by atoms with Crippen LogP contribution in [0.2, 0.25) is 0 Å². The number of nitrogen functional groups attached to an aromatic ring is 1. The fraction of sp³-hybridized carbons (Fsp3) is 0. The summed E-state index contributed by atoms with van der Waals surface area (Å²) in [5.41, 5.74) is 6.37. The van der Waals surface area contributed by atoms with E-state index in [0.717, 1.165) is 4.90 Å². The fourth-order valence-electron chi connectivity index (χ4n) is 1.12. The van der Waals surface area contributed by atoms with Crippen LogP contribution in [0, 0.1) is 3.57 Å². The first kappa shape index (κ1) is 11.5.